The molecule has 1 aliphatic heterocycles. The van der Waals surface area contributed by atoms with E-state index in [2.05, 4.69) is 63.6 Å². The van der Waals surface area contributed by atoms with Crippen molar-refractivity contribution in [3.8, 4) is 11.4 Å². The summed E-state index contributed by atoms with van der Waals surface area (Å²) in [6.45, 7) is 2.21. The van der Waals surface area contributed by atoms with Crippen LogP contribution in [0.5, 0.6) is 0 Å². The first-order valence-corrected chi connectivity index (χ1v) is 10.1. The smallest absolute Gasteiger partial charge is 0.269 e. The Morgan fingerprint density at radius 3 is 2.52 bits per heavy atom. The number of nitro benzene ring substituents is 1. The maximum absolute atomic E-state index is 10.8. The van der Waals surface area contributed by atoms with Gasteiger partial charge in [0, 0.05) is 36.7 Å². The van der Waals surface area contributed by atoms with E-state index >= 15 is 0 Å². The van der Waals surface area contributed by atoms with Crippen molar-refractivity contribution in [2.75, 3.05) is 6.54 Å². The van der Waals surface area contributed by atoms with Gasteiger partial charge in [-0.2, -0.15) is 4.98 Å². The zero-order valence-corrected chi connectivity index (χ0v) is 16.7. The second-order valence-corrected chi connectivity index (χ2v) is 7.65. The van der Waals surface area contributed by atoms with Crippen LogP contribution in [0.3, 0.4) is 0 Å². The number of hydrogen-bond donors (Lipinski definition) is 0. The first-order valence-electron chi connectivity index (χ1n) is 10.1. The van der Waals surface area contributed by atoms with Crippen LogP contribution in [0.4, 0.5) is 5.69 Å². The number of hydrogen-bond acceptors (Lipinski definition) is 6. The Kier molecular flexibility index (Phi) is 5.01. The Morgan fingerprint density at radius 2 is 1.74 bits per heavy atom. The molecule has 0 amide bonds. The van der Waals surface area contributed by atoms with Crippen LogP contribution in [-0.2, 0) is 13.1 Å². The van der Waals surface area contributed by atoms with E-state index < -0.39 is 4.92 Å². The third-order valence-electron chi connectivity index (χ3n) is 5.63. The molecule has 0 N–H and O–H groups in total. The molecule has 0 saturated carbocycles. The van der Waals surface area contributed by atoms with Gasteiger partial charge in [0.25, 0.3) is 5.69 Å². The summed E-state index contributed by atoms with van der Waals surface area (Å²) in [5, 5.41) is 14.9. The first-order chi connectivity index (χ1) is 15.2. The number of rotatable bonds is 5. The lowest BCUT2D eigenvalue weighted by Gasteiger charge is -2.34. The van der Waals surface area contributed by atoms with Crippen LogP contribution in [0.25, 0.3) is 11.4 Å². The number of nitro groups is 1. The molecule has 3 aromatic carbocycles. The molecule has 0 radical (unpaired) electrons. The number of nitrogens with zero attached hydrogens (tertiary/aromatic N) is 4. The van der Waals surface area contributed by atoms with Crippen molar-refractivity contribution in [2.24, 2.45) is 0 Å². The largest absolute Gasteiger partial charge is 0.338 e. The van der Waals surface area contributed by atoms with Gasteiger partial charge in [0.2, 0.25) is 11.7 Å². The minimum absolute atomic E-state index is 0.0337. The molecule has 154 valence electrons. The monoisotopic (exact) mass is 412 g/mol. The molecular weight excluding hydrogens is 392 g/mol. The lowest BCUT2D eigenvalue weighted by Crippen LogP contribution is -2.33. The maximum Gasteiger partial charge on any atom is 0.269 e. The summed E-state index contributed by atoms with van der Waals surface area (Å²) < 4.78 is 5.49. The fourth-order valence-electron chi connectivity index (χ4n) is 4.13. The van der Waals surface area contributed by atoms with E-state index in [1.54, 1.807) is 12.1 Å². The fourth-order valence-corrected chi connectivity index (χ4v) is 4.13. The normalized spacial score (nSPS) is 16.1. The molecule has 0 bridgehead atoms. The number of aromatic nitrogens is 2. The summed E-state index contributed by atoms with van der Waals surface area (Å²) in [6, 6.07) is 25.2. The summed E-state index contributed by atoms with van der Waals surface area (Å²) in [5.74, 6) is 1.24. The highest BCUT2D eigenvalue weighted by Gasteiger charge is 2.27. The summed E-state index contributed by atoms with van der Waals surface area (Å²) in [5.41, 5.74) is 4.68. The Labute approximate surface area is 179 Å². The Bertz CT molecular complexity index is 1200. The van der Waals surface area contributed by atoms with Crippen molar-refractivity contribution in [1.29, 1.82) is 0 Å². The lowest BCUT2D eigenvalue weighted by atomic mass is 9.85. The third-order valence-corrected chi connectivity index (χ3v) is 5.63. The number of fused-ring (bicyclic) bond motifs is 1. The number of non-ortho nitro benzene ring substituents is 1. The van der Waals surface area contributed by atoms with Gasteiger partial charge in [-0.25, -0.2) is 0 Å². The Morgan fingerprint density at radius 1 is 1.00 bits per heavy atom. The van der Waals surface area contributed by atoms with Gasteiger partial charge in [-0.1, -0.05) is 59.8 Å². The predicted octanol–water partition coefficient (Wildman–Crippen LogP) is 4.79. The van der Waals surface area contributed by atoms with E-state index in [-0.39, 0.29) is 11.6 Å². The minimum atomic E-state index is -0.428. The van der Waals surface area contributed by atoms with E-state index in [0.29, 0.717) is 23.8 Å². The molecule has 7 nitrogen and oxygen atoms in total. The SMILES string of the molecule is O=[N+]([O-])c1ccc(-c2noc(CN3Cc4ccccc4C(c4ccccc4)C3)n2)cc1. The van der Waals surface area contributed by atoms with Crippen LogP contribution in [0, 0.1) is 10.1 Å². The van der Waals surface area contributed by atoms with Crippen molar-refractivity contribution in [3.05, 3.63) is 112 Å². The van der Waals surface area contributed by atoms with E-state index in [9.17, 15) is 10.1 Å². The van der Waals surface area contributed by atoms with E-state index in [4.69, 9.17) is 4.52 Å². The van der Waals surface area contributed by atoms with E-state index in [0.717, 1.165) is 13.1 Å². The standard InChI is InChI=1S/C24H20N4O3/c29-28(30)20-12-10-18(11-13-20)24-25-23(31-26-24)16-27-14-19-8-4-5-9-21(19)22(15-27)17-6-2-1-3-7-17/h1-13,22H,14-16H2. The molecule has 1 aliphatic rings. The molecule has 1 aromatic heterocycles. The molecule has 0 saturated heterocycles. The molecule has 0 fully saturated rings. The molecule has 4 aromatic rings. The van der Waals surface area contributed by atoms with Gasteiger partial charge in [0.15, 0.2) is 0 Å². The highest BCUT2D eigenvalue weighted by atomic mass is 16.6. The van der Waals surface area contributed by atoms with Crippen LogP contribution < -0.4 is 0 Å². The molecule has 7 heteroatoms. The van der Waals surface area contributed by atoms with Crippen LogP contribution >= 0.6 is 0 Å². The average molecular weight is 412 g/mol. The molecule has 2 heterocycles. The molecule has 1 atom stereocenters. The van der Waals surface area contributed by atoms with Gasteiger partial charge in [-0.05, 0) is 28.8 Å². The zero-order chi connectivity index (χ0) is 21.2. The molecule has 0 spiro atoms. The zero-order valence-electron chi connectivity index (χ0n) is 16.7. The minimum Gasteiger partial charge on any atom is -0.338 e. The van der Waals surface area contributed by atoms with Gasteiger partial charge in [0.1, 0.15) is 0 Å². The number of benzene rings is 3. The van der Waals surface area contributed by atoms with E-state index in [1.165, 1.54) is 28.8 Å². The van der Waals surface area contributed by atoms with Crippen molar-refractivity contribution in [2.45, 2.75) is 19.0 Å². The van der Waals surface area contributed by atoms with Crippen LogP contribution in [0.15, 0.2) is 83.4 Å². The van der Waals surface area contributed by atoms with Crippen molar-refractivity contribution in [3.63, 3.8) is 0 Å². The summed E-state index contributed by atoms with van der Waals surface area (Å²) >= 11 is 0. The molecular formula is C24H20N4O3. The lowest BCUT2D eigenvalue weighted by molar-refractivity contribution is -0.384. The van der Waals surface area contributed by atoms with Crippen molar-refractivity contribution in [1.82, 2.24) is 15.0 Å². The van der Waals surface area contributed by atoms with Crippen LogP contribution in [-0.4, -0.2) is 26.5 Å². The highest BCUT2D eigenvalue weighted by Crippen LogP contribution is 2.34. The van der Waals surface area contributed by atoms with E-state index in [1.807, 2.05) is 6.07 Å². The molecule has 1 unspecified atom stereocenters. The maximum atomic E-state index is 10.8. The molecule has 31 heavy (non-hydrogen) atoms. The highest BCUT2D eigenvalue weighted by molar-refractivity contribution is 5.56. The van der Waals surface area contributed by atoms with Gasteiger partial charge >= 0.3 is 0 Å². The fraction of sp³-hybridized carbons (Fsp3) is 0.167. The van der Waals surface area contributed by atoms with Gasteiger partial charge in [-0.3, -0.25) is 15.0 Å². The van der Waals surface area contributed by atoms with Crippen LogP contribution in [0.2, 0.25) is 0 Å². The first kappa shape index (κ1) is 19.1. The molecule has 5 rings (SSSR count). The predicted molar refractivity (Wildman–Crippen MR) is 115 cm³/mol. The summed E-state index contributed by atoms with van der Waals surface area (Å²) in [6.07, 6.45) is 0. The van der Waals surface area contributed by atoms with Gasteiger partial charge < -0.3 is 4.52 Å². The summed E-state index contributed by atoms with van der Waals surface area (Å²) in [4.78, 5) is 17.2. The Balaban J connectivity index is 1.37. The second-order valence-electron chi connectivity index (χ2n) is 7.65. The Hall–Kier alpha value is -3.84. The summed E-state index contributed by atoms with van der Waals surface area (Å²) in [7, 11) is 0. The topological polar surface area (TPSA) is 85.3 Å². The van der Waals surface area contributed by atoms with Gasteiger partial charge in [-0.15, -0.1) is 0 Å². The second kappa shape index (κ2) is 8.12. The van der Waals surface area contributed by atoms with Crippen molar-refractivity contribution >= 4 is 5.69 Å². The third kappa shape index (κ3) is 3.95. The quantitative estimate of drug-likeness (QED) is 0.346. The van der Waals surface area contributed by atoms with Crippen LogP contribution in [0.1, 0.15) is 28.5 Å². The molecule has 0 aliphatic carbocycles. The average Bonchev–Trinajstić information content (AvgIpc) is 3.27. The van der Waals surface area contributed by atoms with Gasteiger partial charge in [0.05, 0.1) is 11.5 Å². The van der Waals surface area contributed by atoms with Crippen molar-refractivity contribution < 1.29 is 9.45 Å².